The molecule has 0 saturated carbocycles. The Bertz CT molecular complexity index is 749. The second-order valence-corrected chi connectivity index (χ2v) is 6.47. The first-order valence-electron chi connectivity index (χ1n) is 7.42. The highest BCUT2D eigenvalue weighted by molar-refractivity contribution is 7.99. The quantitative estimate of drug-likeness (QED) is 0.736. The molecule has 0 heterocycles. The fraction of sp³-hybridized carbons (Fsp3) is 0.222. The molecule has 1 amide bonds. The van der Waals surface area contributed by atoms with Gasteiger partial charge in [0.2, 0.25) is 5.91 Å². The lowest BCUT2D eigenvalue weighted by Gasteiger charge is -2.09. The van der Waals surface area contributed by atoms with Crippen molar-refractivity contribution < 1.29 is 19.1 Å². The van der Waals surface area contributed by atoms with Crippen molar-refractivity contribution in [1.29, 1.82) is 0 Å². The van der Waals surface area contributed by atoms with Gasteiger partial charge in [-0.3, -0.25) is 4.79 Å². The number of carbonyl (C=O) groups is 2. The summed E-state index contributed by atoms with van der Waals surface area (Å²) < 4.78 is 9.77. The monoisotopic (exact) mass is 379 g/mol. The van der Waals surface area contributed by atoms with Gasteiger partial charge in [0.1, 0.15) is 5.75 Å². The number of rotatable bonds is 7. The molecular formula is C18H18ClNO4S. The van der Waals surface area contributed by atoms with Crippen LogP contribution in [0.2, 0.25) is 5.02 Å². The largest absolute Gasteiger partial charge is 0.497 e. The van der Waals surface area contributed by atoms with Crippen LogP contribution in [0.3, 0.4) is 0 Å². The van der Waals surface area contributed by atoms with E-state index in [0.29, 0.717) is 22.0 Å². The number of anilines is 1. The molecule has 0 aliphatic carbocycles. The Kier molecular flexibility index (Phi) is 7.16. The van der Waals surface area contributed by atoms with Gasteiger partial charge in [-0.05, 0) is 35.9 Å². The predicted octanol–water partition coefficient (Wildman–Crippen LogP) is 4.01. The predicted molar refractivity (Wildman–Crippen MR) is 101 cm³/mol. The molecule has 0 spiro atoms. The number of nitrogens with one attached hydrogen (secondary N) is 1. The number of halogens is 1. The van der Waals surface area contributed by atoms with Gasteiger partial charge in [0.05, 0.1) is 36.2 Å². The highest BCUT2D eigenvalue weighted by Crippen LogP contribution is 2.24. The van der Waals surface area contributed by atoms with E-state index in [9.17, 15) is 9.59 Å². The van der Waals surface area contributed by atoms with Crippen molar-refractivity contribution in [3.05, 3.63) is 58.6 Å². The zero-order valence-corrected chi connectivity index (χ0v) is 15.4. The second kappa shape index (κ2) is 9.34. The number of esters is 1. The van der Waals surface area contributed by atoms with E-state index in [1.165, 1.54) is 24.9 Å². The number of hydrogen-bond acceptors (Lipinski definition) is 5. The van der Waals surface area contributed by atoms with Crippen molar-refractivity contribution in [1.82, 2.24) is 0 Å². The van der Waals surface area contributed by atoms with E-state index in [-0.39, 0.29) is 11.7 Å². The summed E-state index contributed by atoms with van der Waals surface area (Å²) in [6, 6.07) is 12.3. The second-order valence-electron chi connectivity index (χ2n) is 5.08. The standard InChI is InChI=1S/C18H18ClNO4S/c1-23-14-6-3-12(4-7-14)10-25-11-17(21)20-16-9-13(18(22)24-2)5-8-15(16)19/h3-9H,10-11H2,1-2H3,(H,20,21). The lowest BCUT2D eigenvalue weighted by molar-refractivity contribution is -0.113. The van der Waals surface area contributed by atoms with Gasteiger partial charge in [0.25, 0.3) is 0 Å². The van der Waals surface area contributed by atoms with Gasteiger partial charge in [0.15, 0.2) is 0 Å². The highest BCUT2D eigenvalue weighted by Gasteiger charge is 2.11. The highest BCUT2D eigenvalue weighted by atomic mass is 35.5. The average molecular weight is 380 g/mol. The molecule has 0 atom stereocenters. The Labute approximate surface area is 155 Å². The third-order valence-electron chi connectivity index (χ3n) is 3.32. The third-order valence-corrected chi connectivity index (χ3v) is 4.66. The lowest BCUT2D eigenvalue weighted by Crippen LogP contribution is -2.15. The summed E-state index contributed by atoms with van der Waals surface area (Å²) in [7, 11) is 2.92. The van der Waals surface area contributed by atoms with Crippen molar-refractivity contribution in [2.24, 2.45) is 0 Å². The Hall–Kier alpha value is -2.18. The van der Waals surface area contributed by atoms with E-state index in [2.05, 4.69) is 10.1 Å². The number of carbonyl (C=O) groups excluding carboxylic acids is 2. The molecule has 1 N–H and O–H groups in total. The molecule has 5 nitrogen and oxygen atoms in total. The van der Waals surface area contributed by atoms with Crippen LogP contribution in [0.15, 0.2) is 42.5 Å². The zero-order valence-electron chi connectivity index (χ0n) is 13.9. The van der Waals surface area contributed by atoms with Crippen molar-refractivity contribution in [3.63, 3.8) is 0 Å². The molecule has 2 rings (SSSR count). The van der Waals surface area contributed by atoms with Gasteiger partial charge in [-0.2, -0.15) is 0 Å². The van der Waals surface area contributed by atoms with Crippen LogP contribution in [-0.2, 0) is 15.3 Å². The number of amides is 1. The maximum absolute atomic E-state index is 12.1. The van der Waals surface area contributed by atoms with Crippen LogP contribution < -0.4 is 10.1 Å². The van der Waals surface area contributed by atoms with Crippen molar-refractivity contribution in [2.75, 3.05) is 25.3 Å². The van der Waals surface area contributed by atoms with Crippen LogP contribution >= 0.6 is 23.4 Å². The van der Waals surface area contributed by atoms with E-state index in [1.807, 2.05) is 24.3 Å². The fourth-order valence-electron chi connectivity index (χ4n) is 2.04. The van der Waals surface area contributed by atoms with Gasteiger partial charge in [-0.15, -0.1) is 11.8 Å². The molecule has 0 saturated heterocycles. The van der Waals surface area contributed by atoms with Gasteiger partial charge < -0.3 is 14.8 Å². The molecule has 7 heteroatoms. The smallest absolute Gasteiger partial charge is 0.337 e. The number of thioether (sulfide) groups is 1. The summed E-state index contributed by atoms with van der Waals surface area (Å²) in [6.45, 7) is 0. The maximum Gasteiger partial charge on any atom is 0.337 e. The van der Waals surface area contributed by atoms with E-state index in [4.69, 9.17) is 16.3 Å². The topological polar surface area (TPSA) is 64.6 Å². The molecule has 2 aromatic carbocycles. The molecule has 2 aromatic rings. The van der Waals surface area contributed by atoms with Gasteiger partial charge in [-0.1, -0.05) is 23.7 Å². The maximum atomic E-state index is 12.1. The van der Waals surface area contributed by atoms with Crippen LogP contribution in [0.5, 0.6) is 5.75 Å². The van der Waals surface area contributed by atoms with Crippen LogP contribution in [-0.4, -0.2) is 31.8 Å². The summed E-state index contributed by atoms with van der Waals surface area (Å²) in [5.74, 6) is 1.09. The molecule has 25 heavy (non-hydrogen) atoms. The number of hydrogen-bond donors (Lipinski definition) is 1. The van der Waals surface area contributed by atoms with Crippen molar-refractivity contribution in [3.8, 4) is 5.75 Å². The first kappa shape index (κ1) is 19.1. The van der Waals surface area contributed by atoms with E-state index in [1.54, 1.807) is 19.2 Å². The van der Waals surface area contributed by atoms with Crippen LogP contribution in [0.25, 0.3) is 0 Å². The molecule has 0 radical (unpaired) electrons. The normalized spacial score (nSPS) is 10.2. The number of methoxy groups -OCH3 is 2. The molecule has 0 fully saturated rings. The first-order valence-corrected chi connectivity index (χ1v) is 8.95. The summed E-state index contributed by atoms with van der Waals surface area (Å²) in [5.41, 5.74) is 1.82. The van der Waals surface area contributed by atoms with E-state index in [0.717, 1.165) is 11.3 Å². The Morgan fingerprint density at radius 2 is 1.84 bits per heavy atom. The SMILES string of the molecule is COC(=O)c1ccc(Cl)c(NC(=O)CSCc2ccc(OC)cc2)c1. The Morgan fingerprint density at radius 3 is 2.48 bits per heavy atom. The minimum Gasteiger partial charge on any atom is -0.497 e. The zero-order chi connectivity index (χ0) is 18.2. The Balaban J connectivity index is 1.88. The summed E-state index contributed by atoms with van der Waals surface area (Å²) in [4.78, 5) is 23.6. The minimum absolute atomic E-state index is 0.192. The molecule has 0 aliphatic rings. The molecule has 0 unspecified atom stereocenters. The lowest BCUT2D eigenvalue weighted by atomic mass is 10.2. The van der Waals surface area contributed by atoms with Gasteiger partial charge in [-0.25, -0.2) is 4.79 Å². The summed E-state index contributed by atoms with van der Waals surface area (Å²) >= 11 is 7.54. The summed E-state index contributed by atoms with van der Waals surface area (Å²) in [5, 5.41) is 3.08. The molecular weight excluding hydrogens is 362 g/mol. The summed E-state index contributed by atoms with van der Waals surface area (Å²) in [6.07, 6.45) is 0. The molecule has 132 valence electrons. The number of benzene rings is 2. The number of ether oxygens (including phenoxy) is 2. The fourth-order valence-corrected chi connectivity index (χ4v) is 2.99. The van der Waals surface area contributed by atoms with Crippen molar-refractivity contribution >= 4 is 40.9 Å². The minimum atomic E-state index is -0.485. The van der Waals surface area contributed by atoms with E-state index >= 15 is 0 Å². The molecule has 0 aromatic heterocycles. The first-order chi connectivity index (χ1) is 12.0. The molecule has 0 bridgehead atoms. The van der Waals surface area contributed by atoms with Gasteiger partial charge >= 0.3 is 5.97 Å². The van der Waals surface area contributed by atoms with Crippen LogP contribution in [0.1, 0.15) is 15.9 Å². The van der Waals surface area contributed by atoms with Gasteiger partial charge in [0, 0.05) is 5.75 Å². The average Bonchev–Trinajstić information content (AvgIpc) is 2.63. The van der Waals surface area contributed by atoms with Crippen molar-refractivity contribution in [2.45, 2.75) is 5.75 Å². The van der Waals surface area contributed by atoms with E-state index < -0.39 is 5.97 Å². The van der Waals surface area contributed by atoms with Crippen LogP contribution in [0.4, 0.5) is 5.69 Å². The third kappa shape index (κ3) is 5.69. The van der Waals surface area contributed by atoms with Crippen LogP contribution in [0, 0.1) is 0 Å². The Morgan fingerprint density at radius 1 is 1.12 bits per heavy atom. The molecule has 0 aliphatic heterocycles.